The maximum atomic E-state index is 13.8. The van der Waals surface area contributed by atoms with E-state index < -0.39 is 23.6 Å². The molecule has 0 aromatic heterocycles. The molecule has 2 aliphatic heterocycles. The summed E-state index contributed by atoms with van der Waals surface area (Å²) in [5.74, 6) is -0.700. The first-order valence-electron chi connectivity index (χ1n) is 15.7. The monoisotopic (exact) mass is 580 g/mol. The van der Waals surface area contributed by atoms with Crippen LogP contribution in [0.5, 0.6) is 0 Å². The molecule has 0 unspecified atom stereocenters. The van der Waals surface area contributed by atoms with Crippen molar-refractivity contribution in [3.05, 3.63) is 112 Å². The predicted molar refractivity (Wildman–Crippen MR) is 171 cm³/mol. The Labute approximate surface area is 256 Å². The molecule has 6 heteroatoms. The van der Waals surface area contributed by atoms with E-state index in [1.54, 1.807) is 36.4 Å². The fraction of sp³-hybridized carbons (Fsp3) is 0.263. The van der Waals surface area contributed by atoms with Gasteiger partial charge in [0.15, 0.2) is 0 Å². The van der Waals surface area contributed by atoms with Gasteiger partial charge in [0.05, 0.1) is 11.4 Å². The lowest BCUT2D eigenvalue weighted by Gasteiger charge is -2.32. The van der Waals surface area contributed by atoms with Crippen LogP contribution in [0, 0.1) is 5.92 Å². The van der Waals surface area contributed by atoms with Gasteiger partial charge < -0.3 is 0 Å². The minimum absolute atomic E-state index is 0.306. The molecule has 2 fully saturated rings. The van der Waals surface area contributed by atoms with Crippen molar-refractivity contribution in [3.63, 3.8) is 0 Å². The van der Waals surface area contributed by atoms with Gasteiger partial charge in [0.2, 0.25) is 0 Å². The zero-order chi connectivity index (χ0) is 29.9. The van der Waals surface area contributed by atoms with Gasteiger partial charge in [-0.3, -0.25) is 19.2 Å². The van der Waals surface area contributed by atoms with Crippen molar-refractivity contribution in [2.75, 3.05) is 9.80 Å². The standard InChI is InChI=1S/C38H32N2O4/c41-35-29-19-21-31-34-32(38(44)40(37(31)43)28-17-13-26(14-18-28)25-7-3-4-8-25)22-20-30(33(29)34)36(42)39(35)27-15-11-24(12-16-27)10-9-23-5-1-2-6-23/h9-23,25H,1-8H2. The number of hydrogen-bond donors (Lipinski definition) is 0. The van der Waals surface area contributed by atoms with E-state index in [2.05, 4.69) is 12.2 Å². The van der Waals surface area contributed by atoms with Crippen LogP contribution in [0.1, 0.15) is 110 Å². The average Bonchev–Trinajstić information content (AvgIpc) is 3.78. The number of carbonyl (C=O) groups excluding carboxylic acids is 4. The number of carbonyl (C=O) groups is 4. The molecule has 8 rings (SSSR count). The van der Waals surface area contributed by atoms with Crippen molar-refractivity contribution < 1.29 is 19.2 Å². The molecule has 44 heavy (non-hydrogen) atoms. The summed E-state index contributed by atoms with van der Waals surface area (Å²) in [6, 6.07) is 21.6. The Hall–Kier alpha value is -4.84. The van der Waals surface area contributed by atoms with E-state index >= 15 is 0 Å². The minimum atomic E-state index is -0.467. The molecule has 2 saturated carbocycles. The van der Waals surface area contributed by atoms with E-state index in [1.807, 2.05) is 36.4 Å². The second kappa shape index (κ2) is 10.4. The first-order chi connectivity index (χ1) is 21.5. The number of nitrogens with zero attached hydrogens (tertiary/aromatic N) is 2. The summed E-state index contributed by atoms with van der Waals surface area (Å²) in [7, 11) is 0. The molecule has 6 nitrogen and oxygen atoms in total. The van der Waals surface area contributed by atoms with Gasteiger partial charge >= 0.3 is 0 Å². The molecule has 4 aromatic carbocycles. The zero-order valence-corrected chi connectivity index (χ0v) is 24.4. The highest BCUT2D eigenvalue weighted by molar-refractivity contribution is 6.42. The number of rotatable bonds is 5. The lowest BCUT2D eigenvalue weighted by atomic mass is 9.85. The third-order valence-corrected chi connectivity index (χ3v) is 9.98. The summed E-state index contributed by atoms with van der Waals surface area (Å²) in [4.78, 5) is 57.7. The second-order valence-electron chi connectivity index (χ2n) is 12.5. The number of imide groups is 2. The first-order valence-corrected chi connectivity index (χ1v) is 15.7. The fourth-order valence-electron chi connectivity index (χ4n) is 7.63. The number of allylic oxidation sites excluding steroid dienone is 1. The van der Waals surface area contributed by atoms with E-state index in [9.17, 15) is 19.2 Å². The highest BCUT2D eigenvalue weighted by Crippen LogP contribution is 2.41. The Bertz CT molecular complexity index is 1820. The number of anilines is 2. The maximum Gasteiger partial charge on any atom is 0.265 e. The largest absolute Gasteiger partial charge is 0.268 e. The van der Waals surface area contributed by atoms with Crippen LogP contribution in [0.25, 0.3) is 16.8 Å². The zero-order valence-electron chi connectivity index (χ0n) is 24.4. The molecular weight excluding hydrogens is 548 g/mol. The third kappa shape index (κ3) is 4.15. The first kappa shape index (κ1) is 26.8. The van der Waals surface area contributed by atoms with Crippen LogP contribution < -0.4 is 9.80 Å². The van der Waals surface area contributed by atoms with Crippen LogP contribution in [0.2, 0.25) is 0 Å². The lowest BCUT2D eigenvalue weighted by Crippen LogP contribution is -2.43. The number of benzene rings is 4. The van der Waals surface area contributed by atoms with Crippen LogP contribution >= 0.6 is 0 Å². The smallest absolute Gasteiger partial charge is 0.265 e. The van der Waals surface area contributed by atoms with Crippen molar-refractivity contribution in [1.82, 2.24) is 0 Å². The van der Waals surface area contributed by atoms with Crippen LogP contribution in [-0.2, 0) is 0 Å². The molecule has 0 spiro atoms. The highest BCUT2D eigenvalue weighted by Gasteiger charge is 2.40. The molecule has 0 radical (unpaired) electrons. The summed E-state index contributed by atoms with van der Waals surface area (Å²) in [5.41, 5.74) is 4.49. The van der Waals surface area contributed by atoms with Gasteiger partial charge in [-0.25, -0.2) is 9.80 Å². The summed E-state index contributed by atoms with van der Waals surface area (Å²) in [6.07, 6.45) is 14.2. The third-order valence-electron chi connectivity index (χ3n) is 9.98. The van der Waals surface area contributed by atoms with Gasteiger partial charge in [-0.05, 0) is 97.2 Å². The molecule has 0 atom stereocenters. The molecule has 0 bridgehead atoms. The Morgan fingerprint density at radius 1 is 0.500 bits per heavy atom. The van der Waals surface area contributed by atoms with Gasteiger partial charge in [0, 0.05) is 33.0 Å². The van der Waals surface area contributed by atoms with Crippen molar-refractivity contribution in [2.24, 2.45) is 5.92 Å². The molecule has 0 saturated heterocycles. The van der Waals surface area contributed by atoms with Gasteiger partial charge in [-0.15, -0.1) is 0 Å². The van der Waals surface area contributed by atoms with Crippen LogP contribution in [0.15, 0.2) is 78.9 Å². The SMILES string of the molecule is O=C1c2ccc3c4c(ccc(c24)C(=O)N1c1ccc(C=CC2CCCC2)cc1)C(=O)N(c1ccc(C2CCCC2)cc1)C3=O. The normalized spacial score (nSPS) is 18.9. The predicted octanol–water partition coefficient (Wildman–Crippen LogP) is 8.30. The maximum absolute atomic E-state index is 13.8. The molecule has 4 aromatic rings. The Kier molecular flexibility index (Phi) is 6.33. The van der Waals surface area contributed by atoms with Gasteiger partial charge in [0.1, 0.15) is 0 Å². The molecule has 2 heterocycles. The minimum Gasteiger partial charge on any atom is -0.268 e. The van der Waals surface area contributed by atoms with E-state index in [4.69, 9.17) is 0 Å². The Balaban J connectivity index is 1.13. The van der Waals surface area contributed by atoms with E-state index in [0.29, 0.717) is 56.2 Å². The van der Waals surface area contributed by atoms with Crippen molar-refractivity contribution in [2.45, 2.75) is 57.3 Å². The number of hydrogen-bond acceptors (Lipinski definition) is 4. The molecule has 4 amide bonds. The van der Waals surface area contributed by atoms with Crippen LogP contribution in [0.4, 0.5) is 11.4 Å². The van der Waals surface area contributed by atoms with Gasteiger partial charge in [-0.2, -0.15) is 0 Å². The van der Waals surface area contributed by atoms with Crippen LogP contribution in [-0.4, -0.2) is 23.6 Å². The van der Waals surface area contributed by atoms with E-state index in [0.717, 1.165) is 5.56 Å². The van der Waals surface area contributed by atoms with E-state index in [1.165, 1.54) is 66.7 Å². The van der Waals surface area contributed by atoms with Crippen molar-refractivity contribution >= 4 is 51.9 Å². The Morgan fingerprint density at radius 3 is 1.36 bits per heavy atom. The fourth-order valence-corrected chi connectivity index (χ4v) is 7.63. The topological polar surface area (TPSA) is 74.8 Å². The number of amides is 4. The summed E-state index contributed by atoms with van der Waals surface area (Å²) >= 11 is 0. The molecule has 0 N–H and O–H groups in total. The second-order valence-corrected chi connectivity index (χ2v) is 12.5. The van der Waals surface area contributed by atoms with E-state index in [-0.39, 0.29) is 0 Å². The van der Waals surface area contributed by atoms with Crippen molar-refractivity contribution in [3.8, 4) is 0 Å². The van der Waals surface area contributed by atoms with Crippen molar-refractivity contribution in [1.29, 1.82) is 0 Å². The van der Waals surface area contributed by atoms with Gasteiger partial charge in [0.25, 0.3) is 23.6 Å². The summed E-state index contributed by atoms with van der Waals surface area (Å²) in [5, 5.41) is 0.753. The van der Waals surface area contributed by atoms with Crippen LogP contribution in [0.3, 0.4) is 0 Å². The molecule has 4 aliphatic rings. The molecule has 218 valence electrons. The molecule has 2 aliphatic carbocycles. The highest BCUT2D eigenvalue weighted by atomic mass is 16.2. The lowest BCUT2D eigenvalue weighted by molar-refractivity contribution is 0.0873. The summed E-state index contributed by atoms with van der Waals surface area (Å²) < 4.78 is 0. The Morgan fingerprint density at radius 2 is 0.909 bits per heavy atom. The average molecular weight is 581 g/mol. The quantitative estimate of drug-likeness (QED) is 0.223. The summed E-state index contributed by atoms with van der Waals surface area (Å²) in [6.45, 7) is 0. The molecular formula is C38H32N2O4. The van der Waals surface area contributed by atoms with Gasteiger partial charge in [-0.1, -0.05) is 62.1 Å².